The first-order valence-electron chi connectivity index (χ1n) is 6.46. The van der Waals surface area contributed by atoms with Gasteiger partial charge in [0.15, 0.2) is 0 Å². The third kappa shape index (κ3) is 2.68. The second kappa shape index (κ2) is 4.67. The van der Waals surface area contributed by atoms with E-state index in [4.69, 9.17) is 5.11 Å². The molecule has 0 saturated heterocycles. The van der Waals surface area contributed by atoms with Crippen molar-refractivity contribution in [2.75, 3.05) is 6.54 Å². The van der Waals surface area contributed by atoms with Crippen molar-refractivity contribution in [2.45, 2.75) is 37.8 Å². The zero-order chi connectivity index (χ0) is 13.6. The molecule has 2 fully saturated rings. The minimum atomic E-state index is -0.955. The van der Waals surface area contributed by atoms with Crippen molar-refractivity contribution in [2.24, 2.45) is 0 Å². The van der Waals surface area contributed by atoms with Crippen molar-refractivity contribution in [3.63, 3.8) is 0 Å². The van der Waals surface area contributed by atoms with E-state index < -0.39 is 5.97 Å². The second-order valence-electron chi connectivity index (χ2n) is 5.24. The average Bonchev–Trinajstić information content (AvgIpc) is 3.23. The Labute approximate surface area is 119 Å². The number of halogens is 1. The first-order chi connectivity index (χ1) is 9.06. The number of carboxylic acids is 1. The molecule has 2 saturated carbocycles. The number of carbonyl (C=O) groups excluding carboxylic acids is 1. The van der Waals surface area contributed by atoms with Crippen LogP contribution in [0, 0.1) is 0 Å². The summed E-state index contributed by atoms with van der Waals surface area (Å²) in [4.78, 5) is 24.9. The van der Waals surface area contributed by atoms with Gasteiger partial charge in [-0.25, -0.2) is 0 Å². The van der Waals surface area contributed by atoms with Gasteiger partial charge in [-0.3, -0.25) is 9.59 Å². The fraction of sp³-hybridized carbons (Fsp3) is 0.538. The van der Waals surface area contributed by atoms with Crippen molar-refractivity contribution in [1.29, 1.82) is 0 Å². The maximum absolute atomic E-state index is 12.5. The number of aliphatic carboxylic acids is 1. The van der Waals surface area contributed by atoms with Crippen molar-refractivity contribution in [3.05, 3.63) is 22.4 Å². The standard InChI is InChI=1S/C13H15BrN2O3/c14-8-5-11(15(6-8)9-1-2-9)13(19)16(7-12(17)18)10-3-4-10/h5-6,9-10H,1-4,7H2,(H,17,18). The molecule has 0 bridgehead atoms. The molecule has 3 rings (SSSR count). The first kappa shape index (κ1) is 12.7. The highest BCUT2D eigenvalue weighted by Gasteiger charge is 2.37. The Morgan fingerprint density at radius 1 is 1.37 bits per heavy atom. The lowest BCUT2D eigenvalue weighted by atomic mass is 10.3. The first-order valence-corrected chi connectivity index (χ1v) is 7.25. The van der Waals surface area contributed by atoms with Gasteiger partial charge in [0.25, 0.3) is 5.91 Å². The summed E-state index contributed by atoms with van der Waals surface area (Å²) in [5, 5.41) is 8.94. The van der Waals surface area contributed by atoms with Crippen LogP contribution in [0.15, 0.2) is 16.7 Å². The molecule has 1 heterocycles. The summed E-state index contributed by atoms with van der Waals surface area (Å²) in [7, 11) is 0. The SMILES string of the molecule is O=C(O)CN(C(=O)c1cc(Br)cn1C1CC1)C1CC1. The van der Waals surface area contributed by atoms with Crippen molar-refractivity contribution >= 4 is 27.8 Å². The summed E-state index contributed by atoms with van der Waals surface area (Å²) >= 11 is 3.39. The molecule has 0 aliphatic heterocycles. The highest BCUT2D eigenvalue weighted by molar-refractivity contribution is 9.10. The van der Waals surface area contributed by atoms with Gasteiger partial charge in [0.2, 0.25) is 0 Å². The smallest absolute Gasteiger partial charge is 0.323 e. The lowest BCUT2D eigenvalue weighted by molar-refractivity contribution is -0.137. The zero-order valence-electron chi connectivity index (χ0n) is 10.4. The van der Waals surface area contributed by atoms with Gasteiger partial charge in [0, 0.05) is 22.8 Å². The molecule has 0 aromatic carbocycles. The lowest BCUT2D eigenvalue weighted by Crippen LogP contribution is -2.38. The third-order valence-electron chi connectivity index (χ3n) is 3.53. The van der Waals surface area contributed by atoms with E-state index in [2.05, 4.69) is 15.9 Å². The molecular formula is C13H15BrN2O3. The van der Waals surface area contributed by atoms with Gasteiger partial charge >= 0.3 is 5.97 Å². The Morgan fingerprint density at radius 2 is 2.05 bits per heavy atom. The third-order valence-corrected chi connectivity index (χ3v) is 3.96. The highest BCUT2D eigenvalue weighted by atomic mass is 79.9. The molecule has 0 atom stereocenters. The van der Waals surface area contributed by atoms with Crippen LogP contribution in [0.5, 0.6) is 0 Å². The van der Waals surface area contributed by atoms with Crippen LogP contribution in [0.2, 0.25) is 0 Å². The van der Waals surface area contributed by atoms with Crippen LogP contribution in [0.25, 0.3) is 0 Å². The Balaban J connectivity index is 1.86. The Kier molecular flexibility index (Phi) is 3.12. The molecule has 0 spiro atoms. The zero-order valence-corrected chi connectivity index (χ0v) is 12.0. The van der Waals surface area contributed by atoms with Crippen LogP contribution in [-0.2, 0) is 4.79 Å². The molecule has 1 N–H and O–H groups in total. The number of hydrogen-bond acceptors (Lipinski definition) is 2. The van der Waals surface area contributed by atoms with E-state index in [1.54, 1.807) is 6.07 Å². The Morgan fingerprint density at radius 3 is 2.58 bits per heavy atom. The second-order valence-corrected chi connectivity index (χ2v) is 6.16. The molecular weight excluding hydrogens is 312 g/mol. The summed E-state index contributed by atoms with van der Waals surface area (Å²) in [6, 6.07) is 2.29. The predicted molar refractivity (Wildman–Crippen MR) is 72.1 cm³/mol. The van der Waals surface area contributed by atoms with Gasteiger partial charge in [-0.1, -0.05) is 0 Å². The van der Waals surface area contributed by atoms with Crippen LogP contribution >= 0.6 is 15.9 Å². The average molecular weight is 327 g/mol. The maximum atomic E-state index is 12.5. The molecule has 1 amide bonds. The minimum Gasteiger partial charge on any atom is -0.480 e. The van der Waals surface area contributed by atoms with Gasteiger partial charge in [-0.15, -0.1) is 0 Å². The van der Waals surface area contributed by atoms with Gasteiger partial charge in [0.05, 0.1) is 0 Å². The van der Waals surface area contributed by atoms with Crippen molar-refractivity contribution < 1.29 is 14.7 Å². The molecule has 102 valence electrons. The minimum absolute atomic E-state index is 0.102. The predicted octanol–water partition coefficient (Wildman–Crippen LogP) is 2.27. The van der Waals surface area contributed by atoms with Gasteiger partial charge in [-0.2, -0.15) is 0 Å². The molecule has 2 aliphatic rings. The monoisotopic (exact) mass is 326 g/mol. The van der Waals surface area contributed by atoms with Gasteiger partial charge in [-0.05, 0) is 47.7 Å². The van der Waals surface area contributed by atoms with E-state index in [-0.39, 0.29) is 18.5 Å². The molecule has 0 radical (unpaired) electrons. The summed E-state index contributed by atoms with van der Waals surface area (Å²) in [5.74, 6) is -1.12. The lowest BCUT2D eigenvalue weighted by Gasteiger charge is -2.21. The number of aromatic nitrogens is 1. The largest absolute Gasteiger partial charge is 0.480 e. The number of hydrogen-bond donors (Lipinski definition) is 1. The van der Waals surface area contributed by atoms with Gasteiger partial charge < -0.3 is 14.6 Å². The van der Waals surface area contributed by atoms with Crippen LogP contribution in [0.4, 0.5) is 0 Å². The molecule has 1 aromatic heterocycles. The Bertz CT molecular complexity index is 532. The van der Waals surface area contributed by atoms with Crippen LogP contribution in [0.3, 0.4) is 0 Å². The van der Waals surface area contributed by atoms with Crippen LogP contribution in [-0.4, -0.2) is 39.0 Å². The van der Waals surface area contributed by atoms with E-state index in [0.717, 1.165) is 30.2 Å². The number of rotatable bonds is 5. The molecule has 6 heteroatoms. The Hall–Kier alpha value is -1.30. The van der Waals surface area contributed by atoms with E-state index in [0.29, 0.717) is 11.7 Å². The van der Waals surface area contributed by atoms with Gasteiger partial charge in [0.1, 0.15) is 12.2 Å². The van der Waals surface area contributed by atoms with Crippen molar-refractivity contribution in [3.8, 4) is 0 Å². The number of nitrogens with zero attached hydrogens (tertiary/aromatic N) is 2. The van der Waals surface area contributed by atoms with Crippen LogP contribution in [0.1, 0.15) is 42.2 Å². The molecule has 5 nitrogen and oxygen atoms in total. The topological polar surface area (TPSA) is 62.5 Å². The molecule has 0 unspecified atom stereocenters. The molecule has 2 aliphatic carbocycles. The normalized spacial score (nSPS) is 18.4. The summed E-state index contributed by atoms with van der Waals surface area (Å²) in [6.07, 6.45) is 5.90. The fourth-order valence-electron chi connectivity index (χ4n) is 2.32. The fourth-order valence-corrected chi connectivity index (χ4v) is 2.76. The van der Waals surface area contributed by atoms with E-state index in [9.17, 15) is 9.59 Å². The van der Waals surface area contributed by atoms with E-state index in [1.807, 2.05) is 10.8 Å². The van der Waals surface area contributed by atoms with E-state index in [1.165, 1.54) is 4.90 Å². The number of amides is 1. The molecule has 1 aromatic rings. The molecule has 19 heavy (non-hydrogen) atoms. The maximum Gasteiger partial charge on any atom is 0.323 e. The van der Waals surface area contributed by atoms with Crippen LogP contribution < -0.4 is 0 Å². The van der Waals surface area contributed by atoms with E-state index >= 15 is 0 Å². The summed E-state index contributed by atoms with van der Waals surface area (Å²) in [6.45, 7) is -0.211. The summed E-state index contributed by atoms with van der Waals surface area (Å²) in [5.41, 5.74) is 0.600. The van der Waals surface area contributed by atoms with Crippen molar-refractivity contribution in [1.82, 2.24) is 9.47 Å². The number of carboxylic acid groups (broad SMARTS) is 1. The number of carbonyl (C=O) groups is 2. The summed E-state index contributed by atoms with van der Waals surface area (Å²) < 4.78 is 2.85. The highest BCUT2D eigenvalue weighted by Crippen LogP contribution is 2.38. The quantitative estimate of drug-likeness (QED) is 0.902.